The van der Waals surface area contributed by atoms with Crippen LogP contribution in [0.15, 0.2) is 53.3 Å². The molecule has 0 aliphatic heterocycles. The van der Waals surface area contributed by atoms with Gasteiger partial charge in [0.05, 0.1) is 11.1 Å². The molecular formula is C22H22ClN3O3. The molecule has 0 aliphatic carbocycles. The Morgan fingerprint density at radius 1 is 1.10 bits per heavy atom. The quantitative estimate of drug-likeness (QED) is 0.648. The van der Waals surface area contributed by atoms with Gasteiger partial charge in [0.2, 0.25) is 5.91 Å². The third-order valence-corrected chi connectivity index (χ3v) is 4.81. The summed E-state index contributed by atoms with van der Waals surface area (Å²) in [4.78, 5) is 37.8. The zero-order valence-corrected chi connectivity index (χ0v) is 17.0. The summed E-state index contributed by atoms with van der Waals surface area (Å²) in [6.45, 7) is 4.16. The number of nitrogens with zero attached hydrogens (tertiary/aromatic N) is 1. The van der Waals surface area contributed by atoms with Crippen molar-refractivity contribution in [2.24, 2.45) is 0 Å². The SMILES string of the molecule is CCCNC(=O)c1cc(=O)n(CC(=O)Nc2cc(Cl)ccc2C)c2ccccc12. The average Bonchev–Trinajstić information content (AvgIpc) is 2.70. The van der Waals surface area contributed by atoms with Crippen LogP contribution in [-0.4, -0.2) is 22.9 Å². The van der Waals surface area contributed by atoms with Gasteiger partial charge in [-0.2, -0.15) is 0 Å². The summed E-state index contributed by atoms with van der Waals surface area (Å²) in [6.07, 6.45) is 0.795. The molecule has 29 heavy (non-hydrogen) atoms. The molecule has 0 bridgehead atoms. The monoisotopic (exact) mass is 411 g/mol. The largest absolute Gasteiger partial charge is 0.352 e. The predicted molar refractivity (Wildman–Crippen MR) is 116 cm³/mol. The molecule has 2 aromatic carbocycles. The van der Waals surface area contributed by atoms with E-state index in [1.54, 1.807) is 36.4 Å². The number of fused-ring (bicyclic) bond motifs is 1. The molecule has 150 valence electrons. The number of hydrogen-bond acceptors (Lipinski definition) is 3. The summed E-state index contributed by atoms with van der Waals surface area (Å²) in [6, 6.07) is 13.6. The predicted octanol–water partition coefficient (Wildman–Crippen LogP) is 3.74. The molecule has 0 spiro atoms. The van der Waals surface area contributed by atoms with Gasteiger partial charge in [0.1, 0.15) is 6.54 Å². The fourth-order valence-electron chi connectivity index (χ4n) is 3.08. The van der Waals surface area contributed by atoms with E-state index in [2.05, 4.69) is 10.6 Å². The molecule has 0 fully saturated rings. The second kappa shape index (κ2) is 8.92. The Morgan fingerprint density at radius 3 is 2.62 bits per heavy atom. The fraction of sp³-hybridized carbons (Fsp3) is 0.227. The second-order valence-electron chi connectivity index (χ2n) is 6.76. The van der Waals surface area contributed by atoms with Gasteiger partial charge >= 0.3 is 0 Å². The highest BCUT2D eigenvalue weighted by Gasteiger charge is 2.16. The number of carbonyl (C=O) groups excluding carboxylic acids is 2. The summed E-state index contributed by atoms with van der Waals surface area (Å²) in [5.41, 5.74) is 1.88. The van der Waals surface area contributed by atoms with Gasteiger partial charge in [-0.05, 0) is 37.1 Å². The average molecular weight is 412 g/mol. The Kier molecular flexibility index (Phi) is 6.34. The Morgan fingerprint density at radius 2 is 1.86 bits per heavy atom. The number of halogens is 1. The van der Waals surface area contributed by atoms with Gasteiger partial charge < -0.3 is 10.6 Å². The number of amides is 2. The number of para-hydroxylation sites is 1. The van der Waals surface area contributed by atoms with E-state index in [1.165, 1.54) is 10.6 Å². The van der Waals surface area contributed by atoms with Crippen molar-refractivity contribution in [1.29, 1.82) is 0 Å². The van der Waals surface area contributed by atoms with Crippen molar-refractivity contribution in [2.45, 2.75) is 26.8 Å². The smallest absolute Gasteiger partial charge is 0.252 e. The van der Waals surface area contributed by atoms with Crippen LogP contribution in [0.1, 0.15) is 29.3 Å². The van der Waals surface area contributed by atoms with Crippen molar-refractivity contribution in [2.75, 3.05) is 11.9 Å². The molecule has 0 unspecified atom stereocenters. The molecule has 1 heterocycles. The van der Waals surface area contributed by atoms with Crippen LogP contribution < -0.4 is 16.2 Å². The maximum Gasteiger partial charge on any atom is 0.252 e. The van der Waals surface area contributed by atoms with E-state index in [1.807, 2.05) is 19.9 Å². The van der Waals surface area contributed by atoms with E-state index >= 15 is 0 Å². The first-order valence-corrected chi connectivity index (χ1v) is 9.75. The molecule has 6 nitrogen and oxygen atoms in total. The molecule has 2 N–H and O–H groups in total. The molecule has 3 rings (SSSR count). The Balaban J connectivity index is 1.95. The number of pyridine rings is 1. The van der Waals surface area contributed by atoms with E-state index in [9.17, 15) is 14.4 Å². The number of rotatable bonds is 6. The summed E-state index contributed by atoms with van der Waals surface area (Å²) in [5, 5.41) is 6.72. The minimum absolute atomic E-state index is 0.178. The van der Waals surface area contributed by atoms with E-state index < -0.39 is 5.56 Å². The van der Waals surface area contributed by atoms with Gasteiger partial charge in [0, 0.05) is 28.7 Å². The van der Waals surface area contributed by atoms with E-state index in [-0.39, 0.29) is 18.4 Å². The molecule has 0 radical (unpaired) electrons. The Bertz CT molecular complexity index is 1140. The van der Waals surface area contributed by atoms with Crippen LogP contribution in [0.25, 0.3) is 10.9 Å². The van der Waals surface area contributed by atoms with Crippen molar-refractivity contribution in [3.8, 4) is 0 Å². The first-order valence-electron chi connectivity index (χ1n) is 9.37. The number of carbonyl (C=O) groups is 2. The van der Waals surface area contributed by atoms with Crippen molar-refractivity contribution in [3.63, 3.8) is 0 Å². The molecule has 3 aromatic rings. The van der Waals surface area contributed by atoms with Gasteiger partial charge in [-0.1, -0.05) is 42.8 Å². The molecule has 1 aromatic heterocycles. The minimum atomic E-state index is -0.414. The number of benzene rings is 2. The van der Waals surface area contributed by atoms with Gasteiger partial charge in [-0.25, -0.2) is 0 Å². The van der Waals surface area contributed by atoms with Crippen molar-refractivity contribution in [3.05, 3.63) is 75.0 Å². The zero-order chi connectivity index (χ0) is 21.0. The highest BCUT2D eigenvalue weighted by Crippen LogP contribution is 2.21. The normalized spacial score (nSPS) is 10.7. The number of hydrogen-bond donors (Lipinski definition) is 2. The molecule has 0 saturated heterocycles. The number of aryl methyl sites for hydroxylation is 1. The van der Waals surface area contributed by atoms with Crippen LogP contribution in [0.4, 0.5) is 5.69 Å². The lowest BCUT2D eigenvalue weighted by molar-refractivity contribution is -0.116. The van der Waals surface area contributed by atoms with Gasteiger partial charge in [0.15, 0.2) is 0 Å². The van der Waals surface area contributed by atoms with E-state index in [0.29, 0.717) is 33.7 Å². The lowest BCUT2D eigenvalue weighted by Crippen LogP contribution is -2.31. The molecule has 7 heteroatoms. The standard InChI is InChI=1S/C22H22ClN3O3/c1-3-10-24-22(29)17-12-21(28)26(19-7-5-4-6-16(17)19)13-20(27)25-18-11-15(23)9-8-14(18)2/h4-9,11-12H,3,10,13H2,1-2H3,(H,24,29)(H,25,27). The lowest BCUT2D eigenvalue weighted by Gasteiger charge is -2.14. The van der Waals surface area contributed by atoms with Crippen molar-refractivity contribution < 1.29 is 9.59 Å². The number of aromatic nitrogens is 1. The first kappa shape index (κ1) is 20.6. The minimum Gasteiger partial charge on any atom is -0.352 e. The second-order valence-corrected chi connectivity index (χ2v) is 7.20. The fourth-order valence-corrected chi connectivity index (χ4v) is 3.25. The van der Waals surface area contributed by atoms with Crippen LogP contribution in [-0.2, 0) is 11.3 Å². The number of nitrogens with one attached hydrogen (secondary N) is 2. The highest BCUT2D eigenvalue weighted by atomic mass is 35.5. The summed E-state index contributed by atoms with van der Waals surface area (Å²) >= 11 is 6.00. The third-order valence-electron chi connectivity index (χ3n) is 4.57. The van der Waals surface area contributed by atoms with Crippen molar-refractivity contribution >= 4 is 40.0 Å². The van der Waals surface area contributed by atoms with Crippen LogP contribution in [0.2, 0.25) is 5.02 Å². The topological polar surface area (TPSA) is 80.2 Å². The van der Waals surface area contributed by atoms with E-state index in [4.69, 9.17) is 11.6 Å². The summed E-state index contributed by atoms with van der Waals surface area (Å²) in [5.74, 6) is -0.655. The van der Waals surface area contributed by atoms with Crippen LogP contribution >= 0.6 is 11.6 Å². The van der Waals surface area contributed by atoms with Crippen LogP contribution in [0, 0.1) is 6.92 Å². The molecule has 0 atom stereocenters. The maximum absolute atomic E-state index is 12.7. The first-order chi connectivity index (χ1) is 13.9. The van der Waals surface area contributed by atoms with E-state index in [0.717, 1.165) is 12.0 Å². The summed E-state index contributed by atoms with van der Waals surface area (Å²) in [7, 11) is 0. The van der Waals surface area contributed by atoms with Gasteiger partial charge in [-0.3, -0.25) is 19.0 Å². The lowest BCUT2D eigenvalue weighted by atomic mass is 10.1. The molecular weight excluding hydrogens is 390 g/mol. The molecule has 0 aliphatic rings. The molecule has 0 saturated carbocycles. The Hall–Kier alpha value is -3.12. The third kappa shape index (κ3) is 4.66. The zero-order valence-electron chi connectivity index (χ0n) is 16.3. The maximum atomic E-state index is 12.7. The van der Waals surface area contributed by atoms with Gasteiger partial charge in [0.25, 0.3) is 11.5 Å². The van der Waals surface area contributed by atoms with Gasteiger partial charge in [-0.15, -0.1) is 0 Å². The number of anilines is 1. The summed E-state index contributed by atoms with van der Waals surface area (Å²) < 4.78 is 1.36. The highest BCUT2D eigenvalue weighted by molar-refractivity contribution is 6.31. The molecule has 2 amide bonds. The Labute approximate surface area is 173 Å². The van der Waals surface area contributed by atoms with Crippen molar-refractivity contribution in [1.82, 2.24) is 9.88 Å². The van der Waals surface area contributed by atoms with Crippen LogP contribution in [0.3, 0.4) is 0 Å². The van der Waals surface area contributed by atoms with Crippen LogP contribution in [0.5, 0.6) is 0 Å².